The van der Waals surface area contributed by atoms with Crippen LogP contribution in [-0.4, -0.2) is 142 Å². The van der Waals surface area contributed by atoms with Crippen LogP contribution in [0.15, 0.2) is 11.8 Å². The third-order valence-corrected chi connectivity index (χ3v) is 7.38. The van der Waals surface area contributed by atoms with Crippen LogP contribution >= 0.6 is 0 Å². The molecule has 3 fully saturated rings. The Morgan fingerprint density at radius 3 is 2.18 bits per heavy atom. The predicted molar refractivity (Wildman–Crippen MR) is 120 cm³/mol. The molecule has 4 heterocycles. The standard InChI is InChI=1S/C23H34O16/c1-7-13-8(3-12(25)36-7)9(20(32)33-2)5-34-21(13)39-23-19(31)17(29)15(27)11(38-23)6-35-22-18(30)16(28)14(26)10(4-24)37-22/h5,7-8,10-11,13-19,21-24,26-31H,3-4,6H2,1-2H3/t7-,8-,10-,11-,13-,14-,15-,16+,17+,18-,19-,21+,22-,23+/m1/s1. The van der Waals surface area contributed by atoms with Gasteiger partial charge in [-0.3, -0.25) is 4.79 Å². The van der Waals surface area contributed by atoms with Gasteiger partial charge in [0.25, 0.3) is 0 Å². The molecule has 0 spiro atoms. The third kappa shape index (κ3) is 5.91. The van der Waals surface area contributed by atoms with Crippen LogP contribution in [-0.2, 0) is 42.7 Å². The van der Waals surface area contributed by atoms with E-state index in [2.05, 4.69) is 0 Å². The average Bonchev–Trinajstić information content (AvgIpc) is 2.91. The Labute approximate surface area is 222 Å². The lowest BCUT2D eigenvalue weighted by Crippen LogP contribution is -2.62. The van der Waals surface area contributed by atoms with E-state index >= 15 is 0 Å². The second-order valence-corrected chi connectivity index (χ2v) is 9.83. The number of aliphatic hydroxyl groups is 7. The summed E-state index contributed by atoms with van der Waals surface area (Å²) in [4.78, 5) is 24.3. The van der Waals surface area contributed by atoms with Crippen molar-refractivity contribution in [1.29, 1.82) is 0 Å². The molecule has 0 bridgehead atoms. The number of esters is 2. The molecule has 4 aliphatic heterocycles. The summed E-state index contributed by atoms with van der Waals surface area (Å²) in [6.45, 7) is 0.339. The van der Waals surface area contributed by atoms with Crippen LogP contribution in [0.25, 0.3) is 0 Å². The third-order valence-electron chi connectivity index (χ3n) is 7.38. The highest BCUT2D eigenvalue weighted by Crippen LogP contribution is 2.41. The summed E-state index contributed by atoms with van der Waals surface area (Å²) in [6.07, 6.45) is -17.1. The van der Waals surface area contributed by atoms with E-state index in [1.807, 2.05) is 0 Å². The first-order chi connectivity index (χ1) is 18.5. The molecule has 14 atom stereocenters. The Hall–Kier alpha value is -1.96. The zero-order valence-corrected chi connectivity index (χ0v) is 21.1. The number of hydrogen-bond acceptors (Lipinski definition) is 16. The van der Waals surface area contributed by atoms with Gasteiger partial charge in [-0.1, -0.05) is 0 Å². The summed E-state index contributed by atoms with van der Waals surface area (Å²) in [6, 6.07) is 0. The van der Waals surface area contributed by atoms with Crippen molar-refractivity contribution in [2.45, 2.75) is 87.2 Å². The summed E-state index contributed by atoms with van der Waals surface area (Å²) in [5, 5.41) is 70.8. The summed E-state index contributed by atoms with van der Waals surface area (Å²) >= 11 is 0. The van der Waals surface area contributed by atoms with Gasteiger partial charge >= 0.3 is 11.9 Å². The van der Waals surface area contributed by atoms with Gasteiger partial charge in [0.15, 0.2) is 12.6 Å². The van der Waals surface area contributed by atoms with Crippen molar-refractivity contribution in [2.24, 2.45) is 11.8 Å². The van der Waals surface area contributed by atoms with Crippen LogP contribution in [0.2, 0.25) is 0 Å². The number of carbonyl (C=O) groups excluding carboxylic acids is 2. The summed E-state index contributed by atoms with van der Waals surface area (Å²) < 4.78 is 37.8. The quantitative estimate of drug-likeness (QED) is 0.144. The molecule has 39 heavy (non-hydrogen) atoms. The lowest BCUT2D eigenvalue weighted by Gasteiger charge is -2.46. The Morgan fingerprint density at radius 2 is 1.54 bits per heavy atom. The molecule has 7 N–H and O–H groups in total. The second kappa shape index (κ2) is 12.3. The Bertz CT molecular complexity index is 911. The molecular weight excluding hydrogens is 532 g/mol. The van der Waals surface area contributed by atoms with Gasteiger partial charge in [-0.15, -0.1) is 0 Å². The van der Waals surface area contributed by atoms with Gasteiger partial charge in [-0.25, -0.2) is 4.79 Å². The molecule has 0 saturated carbocycles. The Morgan fingerprint density at radius 1 is 0.923 bits per heavy atom. The average molecular weight is 567 g/mol. The molecule has 0 unspecified atom stereocenters. The number of hydrogen-bond donors (Lipinski definition) is 7. The highest BCUT2D eigenvalue weighted by atomic mass is 16.8. The molecule has 0 aromatic heterocycles. The number of fused-ring (bicyclic) bond motifs is 1. The van der Waals surface area contributed by atoms with E-state index in [9.17, 15) is 45.3 Å². The van der Waals surface area contributed by atoms with E-state index in [0.29, 0.717) is 0 Å². The predicted octanol–water partition coefficient (Wildman–Crippen LogP) is -4.39. The molecule has 4 rings (SSSR count). The largest absolute Gasteiger partial charge is 0.471 e. The number of methoxy groups -OCH3 is 1. The number of aliphatic hydroxyl groups excluding tert-OH is 7. The summed E-state index contributed by atoms with van der Waals surface area (Å²) in [5.74, 6) is -2.68. The van der Waals surface area contributed by atoms with Crippen molar-refractivity contribution < 1.29 is 78.5 Å². The molecule has 0 aromatic rings. The first-order valence-electron chi connectivity index (χ1n) is 12.4. The van der Waals surface area contributed by atoms with Gasteiger partial charge in [-0.2, -0.15) is 0 Å². The number of rotatable bonds is 7. The van der Waals surface area contributed by atoms with Crippen LogP contribution in [0, 0.1) is 11.8 Å². The number of ether oxygens (including phenoxy) is 7. The molecule has 222 valence electrons. The maximum absolute atomic E-state index is 12.2. The van der Waals surface area contributed by atoms with Gasteiger partial charge in [0.2, 0.25) is 6.29 Å². The lowest BCUT2D eigenvalue weighted by molar-refractivity contribution is -0.356. The lowest BCUT2D eigenvalue weighted by atomic mass is 9.77. The Kier molecular flexibility index (Phi) is 9.45. The zero-order valence-electron chi connectivity index (χ0n) is 21.1. The van der Waals surface area contributed by atoms with E-state index in [1.165, 1.54) is 7.11 Å². The zero-order chi connectivity index (χ0) is 28.6. The van der Waals surface area contributed by atoms with Crippen LogP contribution in [0.1, 0.15) is 13.3 Å². The van der Waals surface area contributed by atoms with E-state index in [0.717, 1.165) is 6.26 Å². The van der Waals surface area contributed by atoms with Gasteiger partial charge in [0.05, 0.1) is 44.5 Å². The molecular formula is C23H34O16. The maximum atomic E-state index is 12.2. The normalized spacial score (nSPS) is 46.4. The maximum Gasteiger partial charge on any atom is 0.337 e. The van der Waals surface area contributed by atoms with Gasteiger partial charge in [0.1, 0.15) is 54.9 Å². The molecule has 0 amide bonds. The minimum absolute atomic E-state index is 0.0947. The molecule has 4 aliphatic rings. The molecule has 0 aromatic carbocycles. The van der Waals surface area contributed by atoms with Crippen molar-refractivity contribution in [3.63, 3.8) is 0 Å². The minimum Gasteiger partial charge on any atom is -0.471 e. The van der Waals surface area contributed by atoms with E-state index in [1.54, 1.807) is 6.92 Å². The fourth-order valence-corrected chi connectivity index (χ4v) is 5.16. The Balaban J connectivity index is 1.46. The van der Waals surface area contributed by atoms with E-state index < -0.39 is 111 Å². The first kappa shape index (κ1) is 30.0. The van der Waals surface area contributed by atoms with Crippen molar-refractivity contribution in [1.82, 2.24) is 0 Å². The van der Waals surface area contributed by atoms with Crippen LogP contribution < -0.4 is 0 Å². The second-order valence-electron chi connectivity index (χ2n) is 9.83. The van der Waals surface area contributed by atoms with Gasteiger partial charge < -0.3 is 68.9 Å². The van der Waals surface area contributed by atoms with E-state index in [-0.39, 0.29) is 12.0 Å². The summed E-state index contributed by atoms with van der Waals surface area (Å²) in [7, 11) is 1.18. The van der Waals surface area contributed by atoms with Crippen molar-refractivity contribution in [3.05, 3.63) is 11.8 Å². The first-order valence-corrected chi connectivity index (χ1v) is 12.4. The fourth-order valence-electron chi connectivity index (χ4n) is 5.16. The van der Waals surface area contributed by atoms with Crippen molar-refractivity contribution in [2.75, 3.05) is 20.3 Å². The molecule has 0 aliphatic carbocycles. The van der Waals surface area contributed by atoms with Gasteiger partial charge in [0, 0.05) is 5.92 Å². The molecule has 3 saturated heterocycles. The van der Waals surface area contributed by atoms with Crippen molar-refractivity contribution >= 4 is 11.9 Å². The number of carbonyl (C=O) groups is 2. The van der Waals surface area contributed by atoms with Crippen LogP contribution in [0.4, 0.5) is 0 Å². The monoisotopic (exact) mass is 566 g/mol. The van der Waals surface area contributed by atoms with Gasteiger partial charge in [-0.05, 0) is 6.92 Å². The topological polar surface area (TPSA) is 240 Å². The SMILES string of the molecule is COC(=O)C1=CO[C@@H](O[C@@H]2O[C@H](CO[C@@H]3O[C@H](CO)[C@@H](O)[C@H](O)[C@H]3O)[C@@H](O)[C@H](O)[C@H]2O)[C@H]2[C@@H]1CC(=O)O[C@@H]2C. The van der Waals surface area contributed by atoms with Crippen LogP contribution in [0.3, 0.4) is 0 Å². The minimum atomic E-state index is -1.78. The smallest absolute Gasteiger partial charge is 0.337 e. The highest BCUT2D eigenvalue weighted by Gasteiger charge is 2.52. The highest BCUT2D eigenvalue weighted by molar-refractivity contribution is 5.90. The molecule has 0 radical (unpaired) electrons. The molecule has 16 nitrogen and oxygen atoms in total. The number of cyclic esters (lactones) is 1. The van der Waals surface area contributed by atoms with E-state index in [4.69, 9.17) is 33.2 Å². The van der Waals surface area contributed by atoms with Crippen LogP contribution in [0.5, 0.6) is 0 Å². The molecule has 16 heteroatoms. The van der Waals surface area contributed by atoms with Crippen molar-refractivity contribution in [3.8, 4) is 0 Å². The summed E-state index contributed by atoms with van der Waals surface area (Å²) in [5.41, 5.74) is 0.0947. The fraction of sp³-hybridized carbons (Fsp3) is 0.826.